The molecule has 0 bridgehead atoms. The Morgan fingerprint density at radius 1 is 1.15 bits per heavy atom. The number of tetrazole rings is 1. The van der Waals surface area contributed by atoms with E-state index < -0.39 is 17.6 Å². The minimum absolute atomic E-state index is 0.204. The zero-order chi connectivity index (χ0) is 19.3. The summed E-state index contributed by atoms with van der Waals surface area (Å²) in [6.45, 7) is -0.236. The van der Waals surface area contributed by atoms with Gasteiger partial charge >= 0.3 is 6.18 Å². The smallest absolute Gasteiger partial charge is 0.271 e. The van der Waals surface area contributed by atoms with Crippen molar-refractivity contribution in [3.63, 3.8) is 0 Å². The van der Waals surface area contributed by atoms with Gasteiger partial charge in [-0.05, 0) is 22.9 Å². The summed E-state index contributed by atoms with van der Waals surface area (Å²) in [5.41, 5.74) is 2.37. The molecule has 3 aromatic rings. The van der Waals surface area contributed by atoms with Gasteiger partial charge in [0.05, 0.1) is 11.8 Å². The standard InChI is InChI=1S/C17H13F3N6O/c18-17(19,20)14-8-4-5-12(9-14)10-21-22-15(27)11-26-24-16(23-25-26)13-6-2-1-3-7-13/h1-10H,11H2,(H,22,27)/b21-10+. The van der Waals surface area contributed by atoms with E-state index in [0.29, 0.717) is 5.82 Å². The molecule has 0 saturated carbocycles. The van der Waals surface area contributed by atoms with Crippen LogP contribution in [0.2, 0.25) is 0 Å². The highest BCUT2D eigenvalue weighted by atomic mass is 19.4. The van der Waals surface area contributed by atoms with Crippen molar-refractivity contribution in [2.75, 3.05) is 0 Å². The second-order valence-electron chi connectivity index (χ2n) is 5.43. The van der Waals surface area contributed by atoms with Crippen molar-refractivity contribution < 1.29 is 18.0 Å². The van der Waals surface area contributed by atoms with Gasteiger partial charge in [-0.2, -0.15) is 23.1 Å². The number of nitrogens with one attached hydrogen (secondary N) is 1. The molecule has 0 aliphatic carbocycles. The number of halogens is 3. The Morgan fingerprint density at radius 2 is 1.93 bits per heavy atom. The summed E-state index contributed by atoms with van der Waals surface area (Å²) in [7, 11) is 0. The van der Waals surface area contributed by atoms with Crippen LogP contribution < -0.4 is 5.43 Å². The molecule has 0 spiro atoms. The third-order valence-corrected chi connectivity index (χ3v) is 3.39. The van der Waals surface area contributed by atoms with Gasteiger partial charge in [-0.3, -0.25) is 4.79 Å². The van der Waals surface area contributed by atoms with Crippen LogP contribution in [-0.4, -0.2) is 32.3 Å². The maximum Gasteiger partial charge on any atom is 0.416 e. The minimum atomic E-state index is -4.44. The first kappa shape index (κ1) is 18.2. The molecule has 7 nitrogen and oxygen atoms in total. The summed E-state index contributed by atoms with van der Waals surface area (Å²) in [6.07, 6.45) is -3.32. The van der Waals surface area contributed by atoms with Gasteiger partial charge in [-0.1, -0.05) is 42.5 Å². The molecule has 1 N–H and O–H groups in total. The number of hydrogen-bond acceptors (Lipinski definition) is 5. The van der Waals surface area contributed by atoms with Crippen LogP contribution in [-0.2, 0) is 17.5 Å². The highest BCUT2D eigenvalue weighted by molar-refractivity contribution is 5.82. The zero-order valence-corrected chi connectivity index (χ0v) is 13.8. The van der Waals surface area contributed by atoms with Crippen molar-refractivity contribution in [3.8, 4) is 11.4 Å². The molecule has 0 saturated heterocycles. The molecule has 1 heterocycles. The monoisotopic (exact) mass is 374 g/mol. The molecule has 0 fully saturated rings. The number of amides is 1. The number of benzene rings is 2. The van der Waals surface area contributed by atoms with Crippen molar-refractivity contribution >= 4 is 12.1 Å². The average Bonchev–Trinajstić information content (AvgIpc) is 3.10. The Balaban J connectivity index is 1.57. The third kappa shape index (κ3) is 4.97. The van der Waals surface area contributed by atoms with Gasteiger partial charge in [0.2, 0.25) is 5.82 Å². The molecule has 0 aliphatic rings. The van der Waals surface area contributed by atoms with E-state index in [1.165, 1.54) is 12.1 Å². The highest BCUT2D eigenvalue weighted by Gasteiger charge is 2.30. The van der Waals surface area contributed by atoms with Crippen LogP contribution in [0.5, 0.6) is 0 Å². The van der Waals surface area contributed by atoms with E-state index in [0.717, 1.165) is 28.7 Å². The Bertz CT molecular complexity index is 953. The number of carbonyl (C=O) groups excluding carboxylic acids is 1. The quantitative estimate of drug-likeness (QED) is 0.549. The molecule has 1 amide bonds. The number of aromatic nitrogens is 4. The largest absolute Gasteiger partial charge is 0.416 e. The molecule has 2 aromatic carbocycles. The van der Waals surface area contributed by atoms with Crippen LogP contribution in [0.25, 0.3) is 11.4 Å². The van der Waals surface area contributed by atoms with Gasteiger partial charge in [-0.25, -0.2) is 5.43 Å². The highest BCUT2D eigenvalue weighted by Crippen LogP contribution is 2.29. The lowest BCUT2D eigenvalue weighted by Gasteiger charge is -2.06. The molecular formula is C17H13F3N6O. The van der Waals surface area contributed by atoms with Gasteiger partial charge in [0, 0.05) is 5.56 Å². The van der Waals surface area contributed by atoms with Crippen molar-refractivity contribution in [2.24, 2.45) is 5.10 Å². The molecule has 0 atom stereocenters. The molecular weight excluding hydrogens is 361 g/mol. The molecule has 0 unspecified atom stereocenters. The number of hydrazone groups is 1. The van der Waals surface area contributed by atoms with Crippen LogP contribution in [0.15, 0.2) is 59.7 Å². The van der Waals surface area contributed by atoms with E-state index >= 15 is 0 Å². The first-order valence-electron chi connectivity index (χ1n) is 7.74. The first-order valence-corrected chi connectivity index (χ1v) is 7.74. The zero-order valence-electron chi connectivity index (χ0n) is 13.8. The summed E-state index contributed by atoms with van der Waals surface area (Å²) in [4.78, 5) is 12.9. The van der Waals surface area contributed by atoms with Crippen molar-refractivity contribution in [3.05, 3.63) is 65.7 Å². The third-order valence-electron chi connectivity index (χ3n) is 3.39. The average molecular weight is 374 g/mol. The maximum absolute atomic E-state index is 12.6. The molecule has 3 rings (SSSR count). The maximum atomic E-state index is 12.6. The van der Waals surface area contributed by atoms with Crippen LogP contribution in [0.1, 0.15) is 11.1 Å². The molecule has 1 aromatic heterocycles. The van der Waals surface area contributed by atoms with E-state index in [9.17, 15) is 18.0 Å². The summed E-state index contributed by atoms with van der Waals surface area (Å²) < 4.78 is 37.9. The van der Waals surface area contributed by atoms with E-state index in [-0.39, 0.29) is 12.1 Å². The Hall–Kier alpha value is -3.56. The van der Waals surface area contributed by atoms with Gasteiger partial charge in [0.1, 0.15) is 6.54 Å². The SMILES string of the molecule is O=C(Cn1nnc(-c2ccccc2)n1)N/N=C/c1cccc(C(F)(F)F)c1. The molecule has 27 heavy (non-hydrogen) atoms. The second-order valence-corrected chi connectivity index (χ2v) is 5.43. The molecule has 0 radical (unpaired) electrons. The Labute approximate surface area is 151 Å². The first-order chi connectivity index (χ1) is 12.9. The summed E-state index contributed by atoms with van der Waals surface area (Å²) in [5.74, 6) is -0.175. The number of alkyl halides is 3. The topological polar surface area (TPSA) is 85.1 Å². The van der Waals surface area contributed by atoms with Crippen molar-refractivity contribution in [2.45, 2.75) is 12.7 Å². The fraction of sp³-hybridized carbons (Fsp3) is 0.118. The summed E-state index contributed by atoms with van der Waals surface area (Å²) in [6, 6.07) is 13.7. The summed E-state index contributed by atoms with van der Waals surface area (Å²) >= 11 is 0. The van der Waals surface area contributed by atoms with Gasteiger partial charge in [-0.15, -0.1) is 10.2 Å². The lowest BCUT2D eigenvalue weighted by molar-refractivity contribution is -0.137. The predicted octanol–water partition coefficient (Wildman–Crippen LogP) is 2.51. The van der Waals surface area contributed by atoms with Gasteiger partial charge in [0.15, 0.2) is 0 Å². The van der Waals surface area contributed by atoms with E-state index in [1.807, 2.05) is 18.2 Å². The second kappa shape index (κ2) is 7.77. The van der Waals surface area contributed by atoms with E-state index in [4.69, 9.17) is 0 Å². The van der Waals surface area contributed by atoms with E-state index in [2.05, 4.69) is 25.9 Å². The Morgan fingerprint density at radius 3 is 2.67 bits per heavy atom. The van der Waals surface area contributed by atoms with Gasteiger partial charge in [0.25, 0.3) is 5.91 Å². The minimum Gasteiger partial charge on any atom is -0.271 e. The Kier molecular flexibility index (Phi) is 5.25. The number of carbonyl (C=O) groups is 1. The van der Waals surface area contributed by atoms with Gasteiger partial charge < -0.3 is 0 Å². The molecule has 0 aliphatic heterocycles. The molecule has 138 valence electrons. The van der Waals surface area contributed by atoms with Crippen LogP contribution in [0, 0.1) is 0 Å². The van der Waals surface area contributed by atoms with Crippen LogP contribution in [0.3, 0.4) is 0 Å². The van der Waals surface area contributed by atoms with E-state index in [1.54, 1.807) is 12.1 Å². The van der Waals surface area contributed by atoms with Crippen LogP contribution >= 0.6 is 0 Å². The van der Waals surface area contributed by atoms with Crippen LogP contribution in [0.4, 0.5) is 13.2 Å². The van der Waals surface area contributed by atoms with Crippen molar-refractivity contribution in [1.29, 1.82) is 0 Å². The molecule has 10 heteroatoms. The van der Waals surface area contributed by atoms with Crippen molar-refractivity contribution in [1.82, 2.24) is 25.6 Å². The normalized spacial score (nSPS) is 11.7. The lowest BCUT2D eigenvalue weighted by atomic mass is 10.1. The predicted molar refractivity (Wildman–Crippen MR) is 90.4 cm³/mol. The lowest BCUT2D eigenvalue weighted by Crippen LogP contribution is -2.24. The fourth-order valence-corrected chi connectivity index (χ4v) is 2.15. The number of nitrogens with zero attached hydrogens (tertiary/aromatic N) is 5. The summed E-state index contributed by atoms with van der Waals surface area (Å²) in [5, 5.41) is 15.4. The fourth-order valence-electron chi connectivity index (χ4n) is 2.15. The number of rotatable bonds is 5. The number of hydrogen-bond donors (Lipinski definition) is 1.